The molecule has 0 saturated heterocycles. The van der Waals surface area contributed by atoms with Crippen LogP contribution in [0.5, 0.6) is 0 Å². The third kappa shape index (κ3) is 2.13. The second kappa shape index (κ2) is 4.90. The van der Waals surface area contributed by atoms with Crippen LogP contribution in [0.15, 0.2) is 29.8 Å². The van der Waals surface area contributed by atoms with Gasteiger partial charge in [0.25, 0.3) is 0 Å². The first-order valence-electron chi connectivity index (χ1n) is 6.31. The third-order valence-electron chi connectivity index (χ3n) is 3.31. The minimum absolute atomic E-state index is 0.211. The van der Waals surface area contributed by atoms with E-state index in [4.69, 9.17) is 12.2 Å². The maximum absolute atomic E-state index is 5.50. The van der Waals surface area contributed by atoms with Crippen LogP contribution in [0.4, 0.5) is 0 Å². The van der Waals surface area contributed by atoms with Crippen LogP contribution >= 0.6 is 23.6 Å². The van der Waals surface area contributed by atoms with Crippen LogP contribution in [0.1, 0.15) is 30.0 Å². The van der Waals surface area contributed by atoms with E-state index in [0.29, 0.717) is 0 Å². The summed E-state index contributed by atoms with van der Waals surface area (Å²) in [6.45, 7) is 4.27. The van der Waals surface area contributed by atoms with Crippen LogP contribution in [0.2, 0.25) is 0 Å². The summed E-state index contributed by atoms with van der Waals surface area (Å²) in [7, 11) is 0. The molecule has 0 bridgehead atoms. The highest BCUT2D eigenvalue weighted by Gasteiger charge is 2.18. The van der Waals surface area contributed by atoms with Crippen LogP contribution < -0.4 is 0 Å². The fourth-order valence-electron chi connectivity index (χ4n) is 2.41. The van der Waals surface area contributed by atoms with Gasteiger partial charge in [0.1, 0.15) is 5.01 Å². The van der Waals surface area contributed by atoms with Crippen molar-refractivity contribution in [2.45, 2.75) is 26.3 Å². The van der Waals surface area contributed by atoms with Crippen LogP contribution in [-0.4, -0.2) is 14.5 Å². The highest BCUT2D eigenvalue weighted by Crippen LogP contribution is 2.28. The molecule has 0 spiro atoms. The van der Waals surface area contributed by atoms with E-state index in [1.165, 1.54) is 5.56 Å². The summed E-state index contributed by atoms with van der Waals surface area (Å²) < 4.78 is 2.96. The van der Waals surface area contributed by atoms with Crippen molar-refractivity contribution in [1.82, 2.24) is 14.5 Å². The number of rotatable bonds is 3. The van der Waals surface area contributed by atoms with Crippen molar-refractivity contribution in [1.29, 1.82) is 0 Å². The molecule has 3 rings (SSSR count). The summed E-state index contributed by atoms with van der Waals surface area (Å²) >= 11 is 7.18. The lowest BCUT2D eigenvalue weighted by molar-refractivity contribution is 0.571. The average molecular weight is 289 g/mol. The van der Waals surface area contributed by atoms with Crippen molar-refractivity contribution < 1.29 is 0 Å². The Labute approximate surface area is 120 Å². The molecule has 0 radical (unpaired) electrons. The molecule has 1 unspecified atom stereocenters. The van der Waals surface area contributed by atoms with Crippen LogP contribution in [0.25, 0.3) is 11.0 Å². The van der Waals surface area contributed by atoms with E-state index in [2.05, 4.69) is 46.6 Å². The maximum atomic E-state index is 5.50. The highest BCUT2D eigenvalue weighted by molar-refractivity contribution is 7.71. The second-order valence-corrected chi connectivity index (χ2v) is 5.93. The molecule has 0 amide bonds. The topological polar surface area (TPSA) is 33.6 Å². The molecule has 2 heterocycles. The number of benzene rings is 1. The minimum atomic E-state index is 0.211. The zero-order chi connectivity index (χ0) is 13.4. The van der Waals surface area contributed by atoms with Crippen molar-refractivity contribution in [2.75, 3.05) is 0 Å². The van der Waals surface area contributed by atoms with Gasteiger partial charge in [-0.05, 0) is 43.3 Å². The summed E-state index contributed by atoms with van der Waals surface area (Å²) in [4.78, 5) is 7.74. The summed E-state index contributed by atoms with van der Waals surface area (Å²) in [6.07, 6.45) is 2.83. The number of thiazole rings is 1. The van der Waals surface area contributed by atoms with Gasteiger partial charge < -0.3 is 9.55 Å². The zero-order valence-corrected chi connectivity index (χ0v) is 12.5. The van der Waals surface area contributed by atoms with Gasteiger partial charge in [0.15, 0.2) is 4.77 Å². The monoisotopic (exact) mass is 289 g/mol. The summed E-state index contributed by atoms with van der Waals surface area (Å²) in [5.41, 5.74) is 3.49. The van der Waals surface area contributed by atoms with Crippen molar-refractivity contribution in [3.05, 3.63) is 45.1 Å². The van der Waals surface area contributed by atoms with Crippen molar-refractivity contribution >= 4 is 34.6 Å². The first-order chi connectivity index (χ1) is 9.20. The minimum Gasteiger partial charge on any atom is -0.331 e. The Morgan fingerprint density at radius 3 is 3.00 bits per heavy atom. The molecule has 1 N–H and O–H groups in total. The van der Waals surface area contributed by atoms with E-state index < -0.39 is 0 Å². The van der Waals surface area contributed by atoms with Gasteiger partial charge in [-0.3, -0.25) is 0 Å². The number of H-pyrrole nitrogens is 1. The number of aryl methyl sites for hydroxylation is 1. The third-order valence-corrected chi connectivity index (χ3v) is 4.48. The van der Waals surface area contributed by atoms with E-state index in [1.807, 2.05) is 11.6 Å². The number of aromatic nitrogens is 3. The SMILES string of the molecule is CCC(c1nccs1)n1c(=S)[nH]c2ccc(C)cc21. The number of fused-ring (bicyclic) bond motifs is 1. The largest absolute Gasteiger partial charge is 0.331 e. The molecule has 5 heteroatoms. The lowest BCUT2D eigenvalue weighted by Crippen LogP contribution is -2.09. The number of nitrogens with zero attached hydrogens (tertiary/aromatic N) is 2. The Kier molecular flexibility index (Phi) is 3.24. The standard InChI is InChI=1S/C14H15N3S2/c1-3-11(13-15-6-7-19-13)17-12-8-9(2)4-5-10(12)16-14(17)18/h4-8,11H,3H2,1-2H3,(H,16,18). The van der Waals surface area contributed by atoms with Gasteiger partial charge in [0.05, 0.1) is 17.1 Å². The van der Waals surface area contributed by atoms with Crippen molar-refractivity contribution in [3.63, 3.8) is 0 Å². The molecule has 3 aromatic rings. The number of hydrogen-bond donors (Lipinski definition) is 1. The van der Waals surface area contributed by atoms with Gasteiger partial charge in [-0.25, -0.2) is 4.98 Å². The Morgan fingerprint density at radius 2 is 2.32 bits per heavy atom. The summed E-state index contributed by atoms with van der Waals surface area (Å²) in [5, 5.41) is 3.13. The predicted molar refractivity (Wildman–Crippen MR) is 82.4 cm³/mol. The number of nitrogens with one attached hydrogen (secondary N) is 1. The molecule has 0 aliphatic rings. The van der Waals surface area contributed by atoms with Gasteiger partial charge in [-0.1, -0.05) is 13.0 Å². The molecule has 2 aromatic heterocycles. The second-order valence-electron chi connectivity index (χ2n) is 4.62. The van der Waals surface area contributed by atoms with E-state index in [9.17, 15) is 0 Å². The highest BCUT2D eigenvalue weighted by atomic mass is 32.1. The van der Waals surface area contributed by atoms with Crippen LogP contribution in [0, 0.1) is 11.7 Å². The molecule has 1 aromatic carbocycles. The Bertz CT molecular complexity index is 753. The molecule has 1 atom stereocenters. The molecular formula is C14H15N3S2. The first-order valence-corrected chi connectivity index (χ1v) is 7.59. The molecule has 3 nitrogen and oxygen atoms in total. The Hall–Kier alpha value is -1.46. The molecule has 98 valence electrons. The Morgan fingerprint density at radius 1 is 1.47 bits per heavy atom. The van der Waals surface area contributed by atoms with E-state index in [0.717, 1.165) is 27.2 Å². The predicted octanol–water partition coefficient (Wildman–Crippen LogP) is 4.46. The smallest absolute Gasteiger partial charge is 0.178 e. The quantitative estimate of drug-likeness (QED) is 0.722. The van der Waals surface area contributed by atoms with Gasteiger partial charge in [-0.15, -0.1) is 11.3 Å². The van der Waals surface area contributed by atoms with E-state index in [-0.39, 0.29) is 6.04 Å². The number of aromatic amines is 1. The Balaban J connectivity index is 2.26. The van der Waals surface area contributed by atoms with Gasteiger partial charge in [0.2, 0.25) is 0 Å². The first kappa shape index (κ1) is 12.6. The molecule has 0 aliphatic heterocycles. The molecule has 0 fully saturated rings. The van der Waals surface area contributed by atoms with Crippen molar-refractivity contribution in [3.8, 4) is 0 Å². The molecule has 0 aliphatic carbocycles. The number of imidazole rings is 1. The average Bonchev–Trinajstić information content (AvgIpc) is 3.00. The van der Waals surface area contributed by atoms with Crippen LogP contribution in [0.3, 0.4) is 0 Å². The summed E-state index contributed by atoms with van der Waals surface area (Å²) in [6, 6.07) is 6.58. The lowest BCUT2D eigenvalue weighted by atomic mass is 10.2. The molecule has 19 heavy (non-hydrogen) atoms. The van der Waals surface area contributed by atoms with Gasteiger partial charge >= 0.3 is 0 Å². The van der Waals surface area contributed by atoms with Crippen LogP contribution in [-0.2, 0) is 0 Å². The van der Waals surface area contributed by atoms with Gasteiger partial charge in [0, 0.05) is 11.6 Å². The van der Waals surface area contributed by atoms with Crippen molar-refractivity contribution in [2.24, 2.45) is 0 Å². The normalized spacial score (nSPS) is 12.9. The lowest BCUT2D eigenvalue weighted by Gasteiger charge is -2.15. The molecule has 0 saturated carbocycles. The summed E-state index contributed by atoms with van der Waals surface area (Å²) in [5.74, 6) is 0. The van der Waals surface area contributed by atoms with Gasteiger partial charge in [-0.2, -0.15) is 0 Å². The zero-order valence-electron chi connectivity index (χ0n) is 10.9. The van der Waals surface area contributed by atoms with E-state index >= 15 is 0 Å². The fraction of sp³-hybridized carbons (Fsp3) is 0.286. The maximum Gasteiger partial charge on any atom is 0.178 e. The number of hydrogen-bond acceptors (Lipinski definition) is 3. The fourth-order valence-corrected chi connectivity index (χ4v) is 3.56. The van der Waals surface area contributed by atoms with E-state index in [1.54, 1.807) is 11.3 Å². The molecular weight excluding hydrogens is 274 g/mol.